The number of azo groups is 2. The van der Waals surface area contributed by atoms with E-state index in [0.29, 0.717) is 0 Å². The Morgan fingerprint density at radius 1 is 0.795 bits per heavy atom. The van der Waals surface area contributed by atoms with Crippen molar-refractivity contribution < 1.29 is 9.14 Å². The molecule has 0 amide bonds. The highest BCUT2D eigenvalue weighted by Gasteiger charge is 2.14. The fourth-order valence-corrected chi connectivity index (χ4v) is 4.28. The van der Waals surface area contributed by atoms with E-state index in [9.17, 15) is 0 Å². The zero-order valence-electron chi connectivity index (χ0n) is 26.5. The van der Waals surface area contributed by atoms with E-state index < -0.39 is 0 Å². The van der Waals surface area contributed by atoms with E-state index in [0.717, 1.165) is 67.0 Å². The second-order valence-corrected chi connectivity index (χ2v) is 10.8. The van der Waals surface area contributed by atoms with Crippen LogP contribution in [-0.2, 0) is 6.54 Å². The van der Waals surface area contributed by atoms with Crippen molar-refractivity contribution in [1.82, 2.24) is 10.2 Å². The largest absolute Gasteiger partial charge is 0.390 e. The Hall–Kier alpha value is -5.12. The lowest BCUT2D eigenvalue weighted by Crippen LogP contribution is -2.34. The summed E-state index contributed by atoms with van der Waals surface area (Å²) in [5.74, 6) is 1.65. The highest BCUT2D eigenvalue weighted by atomic mass is 15.2. The number of benzene rings is 2. The molecule has 0 atom stereocenters. The Labute approximate surface area is 261 Å². The van der Waals surface area contributed by atoms with E-state index in [1.807, 2.05) is 126 Å². The average Bonchev–Trinajstić information content (AvgIpc) is 3.04. The summed E-state index contributed by atoms with van der Waals surface area (Å²) in [6, 6.07) is 22.1. The van der Waals surface area contributed by atoms with Gasteiger partial charge >= 0.3 is 11.6 Å². The van der Waals surface area contributed by atoms with Gasteiger partial charge in [-0.3, -0.25) is 0 Å². The molecule has 228 valence electrons. The first-order valence-electron chi connectivity index (χ1n) is 14.8. The number of aromatic nitrogens is 1. The third-order valence-electron chi connectivity index (χ3n) is 6.92. The van der Waals surface area contributed by atoms with Crippen LogP contribution in [0.1, 0.15) is 6.42 Å². The standard InChI is InChI=1S/C34H44N10/c1-40(2)31-17-13-29(14-18-31)36-38-33-11-6-8-23-43(33)25-10-21-35-22-26-42(5)27-28-44-24-9-7-12-34(44)39-37-30-15-19-32(20-16-30)41(3)4/h6-9,11-20,22-23,26,28,35H,10,21,24-25,27H2,1-5H3/q+2. The van der Waals surface area contributed by atoms with Crippen LogP contribution in [0.5, 0.6) is 0 Å². The smallest absolute Gasteiger partial charge is 0.350 e. The molecule has 1 aliphatic heterocycles. The topological polar surface area (TPSA) is 78.1 Å². The molecule has 0 bridgehead atoms. The molecule has 44 heavy (non-hydrogen) atoms. The minimum Gasteiger partial charge on any atom is -0.390 e. The van der Waals surface area contributed by atoms with Gasteiger partial charge in [-0.05, 0) is 70.9 Å². The van der Waals surface area contributed by atoms with Gasteiger partial charge in [0.1, 0.15) is 17.9 Å². The Bertz CT molecular complexity index is 1510. The van der Waals surface area contributed by atoms with Gasteiger partial charge < -0.3 is 20.0 Å². The summed E-state index contributed by atoms with van der Waals surface area (Å²) in [4.78, 5) is 6.25. The first kappa shape index (κ1) is 31.8. The van der Waals surface area contributed by atoms with Gasteiger partial charge in [0.05, 0.1) is 35.7 Å². The molecule has 0 saturated heterocycles. The molecule has 10 nitrogen and oxygen atoms in total. The van der Waals surface area contributed by atoms with Crippen molar-refractivity contribution in [2.45, 2.75) is 13.0 Å². The van der Waals surface area contributed by atoms with Crippen molar-refractivity contribution in [3.8, 4) is 0 Å². The number of nitrogens with one attached hydrogen (secondary N) is 1. The van der Waals surface area contributed by atoms with E-state index in [2.05, 4.69) is 69.0 Å². The monoisotopic (exact) mass is 592 g/mol. The number of allylic oxidation sites excluding steroid dienone is 2. The van der Waals surface area contributed by atoms with Gasteiger partial charge in [-0.2, -0.15) is 0 Å². The summed E-state index contributed by atoms with van der Waals surface area (Å²) in [6.07, 6.45) is 15.3. The minimum absolute atomic E-state index is 0.739. The first-order valence-corrected chi connectivity index (χ1v) is 14.8. The van der Waals surface area contributed by atoms with Crippen LogP contribution in [-0.4, -0.2) is 70.6 Å². The molecule has 0 radical (unpaired) electrons. The lowest BCUT2D eigenvalue weighted by Gasteiger charge is -2.12. The van der Waals surface area contributed by atoms with Gasteiger partial charge in [0, 0.05) is 84.1 Å². The van der Waals surface area contributed by atoms with E-state index >= 15 is 0 Å². The summed E-state index contributed by atoms with van der Waals surface area (Å²) in [5.41, 5.74) is 3.93. The number of anilines is 2. The SMILES string of the molecule is CN(C=CNCCC[n+]1ccccc1N=Nc1ccc(N(C)C)cc1)CC=[N+]1CC=CC=C1N=Nc1ccc(N(C)C)cc1. The molecule has 1 N–H and O–H groups in total. The third-order valence-corrected chi connectivity index (χ3v) is 6.92. The molecule has 2 heterocycles. The van der Waals surface area contributed by atoms with Crippen LogP contribution in [0.15, 0.2) is 130 Å². The fourth-order valence-electron chi connectivity index (χ4n) is 4.28. The average molecular weight is 593 g/mol. The van der Waals surface area contributed by atoms with Gasteiger partial charge in [0.2, 0.25) is 0 Å². The Kier molecular flexibility index (Phi) is 11.9. The molecule has 0 fully saturated rings. The van der Waals surface area contributed by atoms with E-state index in [1.165, 1.54) is 0 Å². The molecular formula is C34H44N10+2. The second-order valence-electron chi connectivity index (χ2n) is 10.8. The summed E-state index contributed by atoms with van der Waals surface area (Å²) in [7, 11) is 10.1. The quantitative estimate of drug-likeness (QED) is 0.138. The summed E-state index contributed by atoms with van der Waals surface area (Å²) in [5, 5.41) is 21.3. The summed E-state index contributed by atoms with van der Waals surface area (Å²) < 4.78 is 4.23. The van der Waals surface area contributed by atoms with Gasteiger partial charge in [-0.15, -0.1) is 0 Å². The maximum atomic E-state index is 4.50. The highest BCUT2D eigenvalue weighted by molar-refractivity contribution is 5.55. The van der Waals surface area contributed by atoms with Crippen LogP contribution in [0.4, 0.5) is 28.6 Å². The van der Waals surface area contributed by atoms with Crippen LogP contribution in [0.25, 0.3) is 0 Å². The zero-order chi connectivity index (χ0) is 31.1. The number of aryl methyl sites for hydroxylation is 1. The molecule has 0 aliphatic carbocycles. The van der Waals surface area contributed by atoms with Crippen LogP contribution < -0.4 is 19.7 Å². The third kappa shape index (κ3) is 10.0. The molecule has 1 aromatic heterocycles. The highest BCUT2D eigenvalue weighted by Crippen LogP contribution is 2.21. The van der Waals surface area contributed by atoms with Gasteiger partial charge in [0.25, 0.3) is 0 Å². The number of rotatable bonds is 14. The van der Waals surface area contributed by atoms with Crippen molar-refractivity contribution >= 4 is 34.8 Å². The predicted molar refractivity (Wildman–Crippen MR) is 180 cm³/mol. The Morgan fingerprint density at radius 2 is 1.45 bits per heavy atom. The number of nitrogens with zero attached hydrogens (tertiary/aromatic N) is 9. The lowest BCUT2D eigenvalue weighted by atomic mass is 10.3. The maximum absolute atomic E-state index is 4.50. The number of pyridine rings is 1. The molecule has 10 heteroatoms. The van der Waals surface area contributed by atoms with Gasteiger partial charge in [-0.1, -0.05) is 12.1 Å². The lowest BCUT2D eigenvalue weighted by molar-refractivity contribution is -0.684. The summed E-state index contributed by atoms with van der Waals surface area (Å²) in [6.45, 7) is 3.19. The van der Waals surface area contributed by atoms with Crippen molar-refractivity contribution in [3.63, 3.8) is 0 Å². The molecule has 0 saturated carbocycles. The van der Waals surface area contributed by atoms with Crippen LogP contribution in [0, 0.1) is 0 Å². The van der Waals surface area contributed by atoms with Gasteiger partial charge in [0.15, 0.2) is 0 Å². The number of hydrogen-bond donors (Lipinski definition) is 1. The Morgan fingerprint density at radius 3 is 2.11 bits per heavy atom. The summed E-state index contributed by atoms with van der Waals surface area (Å²) >= 11 is 0. The van der Waals surface area contributed by atoms with E-state index in [4.69, 9.17) is 0 Å². The predicted octanol–water partition coefficient (Wildman–Crippen LogP) is 6.18. The molecule has 2 aromatic carbocycles. The van der Waals surface area contributed by atoms with E-state index in [-0.39, 0.29) is 0 Å². The second kappa shape index (κ2) is 16.5. The maximum Gasteiger partial charge on any atom is 0.350 e. The van der Waals surface area contributed by atoms with Crippen molar-refractivity contribution in [3.05, 3.63) is 109 Å². The molecular weight excluding hydrogens is 548 g/mol. The number of hydrogen-bond acceptors (Lipinski definition) is 8. The molecule has 0 unspecified atom stereocenters. The fraction of sp³-hybridized carbons (Fsp3) is 0.294. The van der Waals surface area contributed by atoms with Crippen LogP contribution in [0.3, 0.4) is 0 Å². The van der Waals surface area contributed by atoms with Crippen LogP contribution >= 0.6 is 0 Å². The van der Waals surface area contributed by atoms with E-state index in [1.54, 1.807) is 0 Å². The minimum atomic E-state index is 0.739. The Balaban J connectivity index is 1.21. The first-order chi connectivity index (χ1) is 21.4. The zero-order valence-corrected chi connectivity index (χ0v) is 26.5. The van der Waals surface area contributed by atoms with Crippen molar-refractivity contribution in [2.24, 2.45) is 20.5 Å². The van der Waals surface area contributed by atoms with Gasteiger partial charge in [-0.25, -0.2) is 9.14 Å². The van der Waals surface area contributed by atoms with Crippen molar-refractivity contribution in [1.29, 1.82) is 0 Å². The van der Waals surface area contributed by atoms with Crippen LogP contribution in [0.2, 0.25) is 0 Å². The normalized spacial score (nSPS) is 14.1. The van der Waals surface area contributed by atoms with Crippen molar-refractivity contribution in [2.75, 3.05) is 64.7 Å². The molecule has 4 rings (SSSR count). The molecule has 3 aromatic rings. The molecule has 1 aliphatic rings. The molecule has 0 spiro atoms.